The molecule has 0 bridgehead atoms. The third-order valence-electron chi connectivity index (χ3n) is 1.93. The second-order valence-electron chi connectivity index (χ2n) is 3.00. The number of nitrogens with zero attached hydrogens (tertiary/aromatic N) is 3. The number of hydrogen-bond acceptors (Lipinski definition) is 7. The highest BCUT2D eigenvalue weighted by molar-refractivity contribution is 7.21. The van der Waals surface area contributed by atoms with Crippen LogP contribution in [0.4, 0.5) is 10.8 Å². The average molecular weight is 239 g/mol. The molecular formula is C8H9N5O2S. The van der Waals surface area contributed by atoms with Gasteiger partial charge in [0.05, 0.1) is 10.3 Å². The number of anilines is 1. The zero-order chi connectivity index (χ0) is 11.5. The molecule has 0 saturated heterocycles. The minimum Gasteiger partial charge on any atom is -0.368 e. The van der Waals surface area contributed by atoms with Crippen molar-refractivity contribution in [3.63, 3.8) is 0 Å². The van der Waals surface area contributed by atoms with Crippen molar-refractivity contribution in [2.45, 2.75) is 0 Å². The fourth-order valence-corrected chi connectivity index (χ4v) is 2.08. The number of thiophene rings is 1. The van der Waals surface area contributed by atoms with Gasteiger partial charge in [-0.3, -0.25) is 10.1 Å². The number of fused-ring (bicyclic) bond motifs is 1. The summed E-state index contributed by atoms with van der Waals surface area (Å²) in [5, 5.41) is 14.3. The van der Waals surface area contributed by atoms with Crippen LogP contribution in [0.25, 0.3) is 10.2 Å². The molecule has 0 atom stereocenters. The van der Waals surface area contributed by atoms with Crippen molar-refractivity contribution in [1.82, 2.24) is 9.97 Å². The van der Waals surface area contributed by atoms with Gasteiger partial charge < -0.3 is 11.1 Å². The molecule has 7 nitrogen and oxygen atoms in total. The molecule has 2 heterocycles. The monoisotopic (exact) mass is 239 g/mol. The van der Waals surface area contributed by atoms with E-state index in [1.807, 2.05) is 0 Å². The number of nitrogens with one attached hydrogen (secondary N) is 1. The van der Waals surface area contributed by atoms with Crippen LogP contribution in [0.15, 0.2) is 12.4 Å². The van der Waals surface area contributed by atoms with Gasteiger partial charge in [0.2, 0.25) is 0 Å². The molecule has 2 aromatic rings. The van der Waals surface area contributed by atoms with Crippen molar-refractivity contribution in [2.75, 3.05) is 18.4 Å². The van der Waals surface area contributed by atoms with Gasteiger partial charge in [-0.05, 0) is 11.3 Å². The number of nitro groups is 1. The summed E-state index contributed by atoms with van der Waals surface area (Å²) in [7, 11) is 0. The lowest BCUT2D eigenvalue weighted by Crippen LogP contribution is -2.13. The standard InChI is InChI=1S/C8H9N5O2S/c9-1-2-10-7-5-3-6(13(14)15)16-8(5)12-4-11-7/h3-4H,1-2,9H2,(H,10,11,12). The van der Waals surface area contributed by atoms with E-state index in [2.05, 4.69) is 15.3 Å². The molecule has 0 aliphatic heterocycles. The molecule has 0 aromatic carbocycles. The van der Waals surface area contributed by atoms with Crippen molar-refractivity contribution >= 4 is 32.4 Å². The van der Waals surface area contributed by atoms with Crippen molar-refractivity contribution < 1.29 is 4.92 Å². The first-order valence-electron chi connectivity index (χ1n) is 4.55. The maximum atomic E-state index is 10.6. The van der Waals surface area contributed by atoms with Crippen LogP contribution in [0.2, 0.25) is 0 Å². The summed E-state index contributed by atoms with van der Waals surface area (Å²) in [6, 6.07) is 1.47. The highest BCUT2D eigenvalue weighted by atomic mass is 32.1. The maximum Gasteiger partial charge on any atom is 0.326 e. The number of rotatable bonds is 4. The zero-order valence-electron chi connectivity index (χ0n) is 8.21. The largest absolute Gasteiger partial charge is 0.368 e. The molecule has 8 heteroatoms. The van der Waals surface area contributed by atoms with E-state index in [9.17, 15) is 10.1 Å². The summed E-state index contributed by atoms with van der Waals surface area (Å²) in [4.78, 5) is 18.8. The molecule has 3 N–H and O–H groups in total. The average Bonchev–Trinajstić information content (AvgIpc) is 2.70. The van der Waals surface area contributed by atoms with Gasteiger partial charge in [0, 0.05) is 19.2 Å². The summed E-state index contributed by atoms with van der Waals surface area (Å²) in [6.07, 6.45) is 1.38. The molecule has 0 amide bonds. The fraction of sp³-hybridized carbons (Fsp3) is 0.250. The van der Waals surface area contributed by atoms with Crippen molar-refractivity contribution in [3.05, 3.63) is 22.5 Å². The van der Waals surface area contributed by atoms with E-state index in [1.54, 1.807) is 0 Å². The SMILES string of the molecule is NCCNc1ncnc2sc([N+](=O)[O-])cc12. The molecule has 16 heavy (non-hydrogen) atoms. The first kappa shape index (κ1) is 10.7. The van der Waals surface area contributed by atoms with E-state index in [4.69, 9.17) is 5.73 Å². The second kappa shape index (κ2) is 4.37. The molecule has 2 rings (SSSR count). The minimum atomic E-state index is -0.431. The molecule has 0 aliphatic rings. The Kier molecular flexibility index (Phi) is 2.93. The summed E-state index contributed by atoms with van der Waals surface area (Å²) in [6.45, 7) is 1.04. The van der Waals surface area contributed by atoms with Gasteiger partial charge in [-0.25, -0.2) is 9.97 Å². The second-order valence-corrected chi connectivity index (χ2v) is 4.01. The lowest BCUT2D eigenvalue weighted by molar-refractivity contribution is -0.380. The summed E-state index contributed by atoms with van der Waals surface area (Å²) < 4.78 is 0. The van der Waals surface area contributed by atoms with Gasteiger partial charge in [0.25, 0.3) is 0 Å². The van der Waals surface area contributed by atoms with Crippen LogP contribution in [0.5, 0.6) is 0 Å². The van der Waals surface area contributed by atoms with Crippen molar-refractivity contribution in [2.24, 2.45) is 5.73 Å². The fourth-order valence-electron chi connectivity index (χ4n) is 1.26. The Bertz CT molecular complexity index is 526. The van der Waals surface area contributed by atoms with Crippen molar-refractivity contribution in [3.8, 4) is 0 Å². The Labute approximate surface area is 94.5 Å². The molecule has 0 aliphatic carbocycles. The minimum absolute atomic E-state index is 0.0614. The summed E-state index contributed by atoms with van der Waals surface area (Å²) in [5.41, 5.74) is 5.36. The highest BCUT2D eigenvalue weighted by Crippen LogP contribution is 2.32. The number of nitrogens with two attached hydrogens (primary N) is 1. The lowest BCUT2D eigenvalue weighted by atomic mass is 10.3. The van der Waals surface area contributed by atoms with Gasteiger partial charge in [-0.1, -0.05) is 0 Å². The molecule has 2 aromatic heterocycles. The number of hydrogen-bond donors (Lipinski definition) is 2. The van der Waals surface area contributed by atoms with Crippen LogP contribution in [0, 0.1) is 10.1 Å². The zero-order valence-corrected chi connectivity index (χ0v) is 9.03. The maximum absolute atomic E-state index is 10.6. The molecule has 84 valence electrons. The topological polar surface area (TPSA) is 107 Å². The number of aromatic nitrogens is 2. The quantitative estimate of drug-likeness (QED) is 0.608. The Hall–Kier alpha value is -1.80. The first-order valence-corrected chi connectivity index (χ1v) is 5.37. The van der Waals surface area contributed by atoms with E-state index in [1.165, 1.54) is 12.4 Å². The Morgan fingerprint density at radius 1 is 1.56 bits per heavy atom. The third kappa shape index (κ3) is 1.92. The summed E-state index contributed by atoms with van der Waals surface area (Å²) in [5.74, 6) is 0.583. The molecule has 0 fully saturated rings. The molecule has 0 radical (unpaired) electrons. The van der Waals surface area contributed by atoms with Crippen LogP contribution in [-0.2, 0) is 0 Å². The van der Waals surface area contributed by atoms with Gasteiger partial charge >= 0.3 is 5.00 Å². The smallest absolute Gasteiger partial charge is 0.326 e. The predicted octanol–water partition coefficient (Wildman–Crippen LogP) is 0.970. The van der Waals surface area contributed by atoms with E-state index in [-0.39, 0.29) is 5.00 Å². The van der Waals surface area contributed by atoms with Crippen molar-refractivity contribution in [1.29, 1.82) is 0 Å². The van der Waals surface area contributed by atoms with Crippen LogP contribution in [0.3, 0.4) is 0 Å². The Morgan fingerprint density at radius 2 is 2.38 bits per heavy atom. The molecule has 0 spiro atoms. The summed E-state index contributed by atoms with van der Waals surface area (Å²) >= 11 is 1.03. The van der Waals surface area contributed by atoms with Crippen LogP contribution in [-0.4, -0.2) is 28.0 Å². The Morgan fingerprint density at radius 3 is 3.06 bits per heavy atom. The lowest BCUT2D eigenvalue weighted by Gasteiger charge is -2.02. The van der Waals surface area contributed by atoms with Crippen LogP contribution in [0.1, 0.15) is 0 Å². The van der Waals surface area contributed by atoms with Gasteiger partial charge in [-0.15, -0.1) is 0 Å². The normalized spacial score (nSPS) is 10.6. The van der Waals surface area contributed by atoms with E-state index in [0.717, 1.165) is 11.3 Å². The molecular weight excluding hydrogens is 230 g/mol. The molecule has 0 saturated carbocycles. The van der Waals surface area contributed by atoms with Gasteiger partial charge in [0.15, 0.2) is 0 Å². The van der Waals surface area contributed by atoms with Crippen LogP contribution >= 0.6 is 11.3 Å². The predicted molar refractivity (Wildman–Crippen MR) is 61.6 cm³/mol. The Balaban J connectivity index is 2.45. The van der Waals surface area contributed by atoms with E-state index in [0.29, 0.717) is 29.1 Å². The van der Waals surface area contributed by atoms with Crippen LogP contribution < -0.4 is 11.1 Å². The van der Waals surface area contributed by atoms with E-state index < -0.39 is 4.92 Å². The van der Waals surface area contributed by atoms with Gasteiger partial charge in [-0.2, -0.15) is 0 Å². The third-order valence-corrected chi connectivity index (χ3v) is 2.93. The van der Waals surface area contributed by atoms with Gasteiger partial charge in [0.1, 0.15) is 17.0 Å². The first-order chi connectivity index (χ1) is 7.72. The highest BCUT2D eigenvalue weighted by Gasteiger charge is 2.15. The molecule has 0 unspecified atom stereocenters. The van der Waals surface area contributed by atoms with E-state index >= 15 is 0 Å².